The lowest BCUT2D eigenvalue weighted by Crippen LogP contribution is -2.01. The average Bonchev–Trinajstić information content (AvgIpc) is 2.64. The second-order valence-corrected chi connectivity index (χ2v) is 4.52. The number of hydrogen-bond donors (Lipinski definition) is 0. The minimum Gasteiger partial charge on any atom is -0.268 e. The Kier molecular flexibility index (Phi) is 3.43. The molecule has 0 bridgehead atoms. The quantitative estimate of drug-likeness (QED) is 0.769. The molecule has 1 aromatic heterocycles. The van der Waals surface area contributed by atoms with E-state index in [1.807, 2.05) is 6.92 Å². The maximum absolute atomic E-state index is 13.0. The number of aromatic nitrogens is 2. The number of rotatable bonds is 3. The Morgan fingerprint density at radius 3 is 2.47 bits per heavy atom. The third kappa shape index (κ3) is 3.03. The van der Waals surface area contributed by atoms with E-state index in [1.165, 1.54) is 12.1 Å². The summed E-state index contributed by atoms with van der Waals surface area (Å²) in [5.74, 6) is -1.17. The van der Waals surface area contributed by atoms with E-state index in [4.69, 9.17) is 11.6 Å². The summed E-state index contributed by atoms with van der Waals surface area (Å²) in [7, 11) is 0. The minimum atomic E-state index is -0.585. The van der Waals surface area contributed by atoms with Crippen molar-refractivity contribution in [3.63, 3.8) is 0 Å². The van der Waals surface area contributed by atoms with Crippen molar-refractivity contribution in [3.8, 4) is 0 Å². The fourth-order valence-electron chi connectivity index (χ4n) is 1.56. The number of nitrogens with zero attached hydrogens (tertiary/aromatic N) is 2. The molecule has 0 saturated carbocycles. The van der Waals surface area contributed by atoms with E-state index in [0.29, 0.717) is 12.1 Å². The van der Waals surface area contributed by atoms with Crippen LogP contribution >= 0.6 is 11.6 Å². The molecular weight excluding hydrogens is 246 g/mol. The standard InChI is InChI=1S/C12H11ClF2N2/c1-8(13)10-5-16-17(7-10)6-9-2-11(14)4-12(15)3-9/h2-5,7-8H,6H2,1H3. The first kappa shape index (κ1) is 12.0. The second-order valence-electron chi connectivity index (χ2n) is 3.86. The zero-order valence-electron chi connectivity index (χ0n) is 9.20. The molecular formula is C12H11ClF2N2. The lowest BCUT2D eigenvalue weighted by molar-refractivity contribution is 0.574. The predicted octanol–water partition coefficient (Wildman–Crippen LogP) is 3.51. The van der Waals surface area contributed by atoms with Crippen LogP contribution in [-0.2, 0) is 6.54 Å². The molecule has 5 heteroatoms. The molecule has 1 aromatic carbocycles. The second kappa shape index (κ2) is 4.84. The Balaban J connectivity index is 2.19. The first-order valence-corrected chi connectivity index (χ1v) is 5.59. The van der Waals surface area contributed by atoms with Gasteiger partial charge in [-0.2, -0.15) is 5.10 Å². The van der Waals surface area contributed by atoms with E-state index in [1.54, 1.807) is 17.1 Å². The van der Waals surface area contributed by atoms with E-state index >= 15 is 0 Å². The predicted molar refractivity (Wildman–Crippen MR) is 62.0 cm³/mol. The molecule has 0 aliphatic heterocycles. The van der Waals surface area contributed by atoms with E-state index in [0.717, 1.165) is 11.6 Å². The van der Waals surface area contributed by atoms with Crippen LogP contribution < -0.4 is 0 Å². The van der Waals surface area contributed by atoms with Gasteiger partial charge in [-0.05, 0) is 24.6 Å². The Hall–Kier alpha value is -1.42. The van der Waals surface area contributed by atoms with Gasteiger partial charge in [-0.3, -0.25) is 4.68 Å². The van der Waals surface area contributed by atoms with Crippen molar-refractivity contribution in [2.75, 3.05) is 0 Å². The smallest absolute Gasteiger partial charge is 0.126 e. The summed E-state index contributed by atoms with van der Waals surface area (Å²) in [6.45, 7) is 2.16. The van der Waals surface area contributed by atoms with E-state index in [-0.39, 0.29) is 5.38 Å². The van der Waals surface area contributed by atoms with Gasteiger partial charge in [0.25, 0.3) is 0 Å². The molecule has 2 rings (SSSR count). The van der Waals surface area contributed by atoms with Crippen LogP contribution in [-0.4, -0.2) is 9.78 Å². The lowest BCUT2D eigenvalue weighted by atomic mass is 10.2. The van der Waals surface area contributed by atoms with Crippen LogP contribution in [0.25, 0.3) is 0 Å². The molecule has 2 nitrogen and oxygen atoms in total. The van der Waals surface area contributed by atoms with Crippen molar-refractivity contribution in [1.82, 2.24) is 9.78 Å². The highest BCUT2D eigenvalue weighted by Gasteiger charge is 2.06. The van der Waals surface area contributed by atoms with Crippen molar-refractivity contribution >= 4 is 11.6 Å². The molecule has 0 aliphatic carbocycles. The molecule has 0 radical (unpaired) electrons. The largest absolute Gasteiger partial charge is 0.268 e. The third-order valence-corrected chi connectivity index (χ3v) is 2.63. The van der Waals surface area contributed by atoms with Crippen LogP contribution in [0.5, 0.6) is 0 Å². The molecule has 1 unspecified atom stereocenters. The van der Waals surface area contributed by atoms with Gasteiger partial charge in [-0.15, -0.1) is 11.6 Å². The summed E-state index contributed by atoms with van der Waals surface area (Å²) in [5.41, 5.74) is 1.41. The number of halogens is 3. The summed E-state index contributed by atoms with van der Waals surface area (Å²) in [6, 6.07) is 3.42. The molecule has 0 saturated heterocycles. The van der Waals surface area contributed by atoms with Gasteiger partial charge < -0.3 is 0 Å². The molecule has 17 heavy (non-hydrogen) atoms. The van der Waals surface area contributed by atoms with Gasteiger partial charge in [0, 0.05) is 17.8 Å². The van der Waals surface area contributed by atoms with Gasteiger partial charge in [0.15, 0.2) is 0 Å². The normalized spacial score (nSPS) is 12.7. The third-order valence-electron chi connectivity index (χ3n) is 2.38. The average molecular weight is 257 g/mol. The van der Waals surface area contributed by atoms with Crippen LogP contribution in [0.3, 0.4) is 0 Å². The number of benzene rings is 1. The van der Waals surface area contributed by atoms with Gasteiger partial charge >= 0.3 is 0 Å². The summed E-state index contributed by atoms with van der Waals surface area (Å²) >= 11 is 5.90. The summed E-state index contributed by atoms with van der Waals surface area (Å²) in [4.78, 5) is 0. The summed E-state index contributed by atoms with van der Waals surface area (Å²) in [6.07, 6.45) is 3.41. The van der Waals surface area contributed by atoms with Crippen LogP contribution in [0.1, 0.15) is 23.4 Å². The first-order valence-electron chi connectivity index (χ1n) is 5.16. The molecule has 1 atom stereocenters. The van der Waals surface area contributed by atoms with Gasteiger partial charge in [-0.25, -0.2) is 8.78 Å². The van der Waals surface area contributed by atoms with Gasteiger partial charge in [0.2, 0.25) is 0 Å². The van der Waals surface area contributed by atoms with Crippen LogP contribution in [0, 0.1) is 11.6 Å². The molecule has 0 spiro atoms. The summed E-state index contributed by atoms with van der Waals surface area (Å²) in [5, 5.41) is 3.95. The van der Waals surface area contributed by atoms with Crippen LogP contribution in [0.2, 0.25) is 0 Å². The van der Waals surface area contributed by atoms with Crippen molar-refractivity contribution in [3.05, 3.63) is 53.4 Å². The Morgan fingerprint density at radius 2 is 1.94 bits per heavy atom. The Bertz CT molecular complexity index is 503. The van der Waals surface area contributed by atoms with Crippen molar-refractivity contribution in [1.29, 1.82) is 0 Å². The minimum absolute atomic E-state index is 0.131. The molecule has 0 aliphatic rings. The molecule has 90 valence electrons. The van der Waals surface area contributed by atoms with Crippen molar-refractivity contribution in [2.24, 2.45) is 0 Å². The lowest BCUT2D eigenvalue weighted by Gasteiger charge is -2.02. The van der Waals surface area contributed by atoms with Gasteiger partial charge in [0.05, 0.1) is 18.1 Å². The van der Waals surface area contributed by atoms with Gasteiger partial charge in [-0.1, -0.05) is 0 Å². The maximum atomic E-state index is 13.0. The van der Waals surface area contributed by atoms with Crippen molar-refractivity contribution < 1.29 is 8.78 Å². The van der Waals surface area contributed by atoms with E-state index in [2.05, 4.69) is 5.10 Å². The fourth-order valence-corrected chi connectivity index (χ4v) is 1.67. The number of alkyl halides is 1. The maximum Gasteiger partial charge on any atom is 0.126 e. The monoisotopic (exact) mass is 256 g/mol. The topological polar surface area (TPSA) is 17.8 Å². The Labute approximate surface area is 103 Å². The first-order chi connectivity index (χ1) is 8.04. The zero-order chi connectivity index (χ0) is 12.4. The van der Waals surface area contributed by atoms with Crippen LogP contribution in [0.15, 0.2) is 30.6 Å². The SMILES string of the molecule is CC(Cl)c1cnn(Cc2cc(F)cc(F)c2)c1. The molecule has 0 fully saturated rings. The highest BCUT2D eigenvalue weighted by atomic mass is 35.5. The number of hydrogen-bond acceptors (Lipinski definition) is 1. The zero-order valence-corrected chi connectivity index (χ0v) is 9.96. The Morgan fingerprint density at radius 1 is 1.29 bits per heavy atom. The molecule has 2 aromatic rings. The molecule has 1 heterocycles. The highest BCUT2D eigenvalue weighted by molar-refractivity contribution is 6.20. The molecule has 0 amide bonds. The summed E-state index contributed by atoms with van der Waals surface area (Å²) < 4.78 is 27.5. The van der Waals surface area contributed by atoms with Gasteiger partial charge in [0.1, 0.15) is 11.6 Å². The molecule has 0 N–H and O–H groups in total. The van der Waals surface area contributed by atoms with E-state index in [9.17, 15) is 8.78 Å². The van der Waals surface area contributed by atoms with Crippen molar-refractivity contribution in [2.45, 2.75) is 18.8 Å². The fraction of sp³-hybridized carbons (Fsp3) is 0.250. The van der Waals surface area contributed by atoms with E-state index < -0.39 is 11.6 Å². The van der Waals surface area contributed by atoms with Crippen LogP contribution in [0.4, 0.5) is 8.78 Å². The highest BCUT2D eigenvalue weighted by Crippen LogP contribution is 2.18.